The van der Waals surface area contributed by atoms with E-state index in [1.165, 1.54) is 31.5 Å². The van der Waals surface area contributed by atoms with Crippen LogP contribution in [0.3, 0.4) is 0 Å². The van der Waals surface area contributed by atoms with E-state index in [9.17, 15) is 9.59 Å². The molecule has 208 valence electrons. The van der Waals surface area contributed by atoms with E-state index >= 15 is 0 Å². The van der Waals surface area contributed by atoms with Crippen LogP contribution in [0.2, 0.25) is 0 Å². The van der Waals surface area contributed by atoms with Crippen molar-refractivity contribution in [3.8, 4) is 5.69 Å². The average Bonchev–Trinajstić information content (AvgIpc) is 3.54. The number of nitrogens with one attached hydrogen (secondary N) is 2. The van der Waals surface area contributed by atoms with Gasteiger partial charge in [0.1, 0.15) is 5.00 Å². The van der Waals surface area contributed by atoms with Gasteiger partial charge in [0.25, 0.3) is 0 Å². The Morgan fingerprint density at radius 1 is 1.07 bits per heavy atom. The molecular formula is C29H30IN5O3S2. The van der Waals surface area contributed by atoms with Crippen LogP contribution in [0.4, 0.5) is 10.7 Å². The van der Waals surface area contributed by atoms with Gasteiger partial charge in [-0.3, -0.25) is 9.36 Å². The maximum Gasteiger partial charge on any atom is 0.341 e. The lowest BCUT2D eigenvalue weighted by Gasteiger charge is -2.12. The van der Waals surface area contributed by atoms with Gasteiger partial charge >= 0.3 is 5.97 Å². The summed E-state index contributed by atoms with van der Waals surface area (Å²) in [5.74, 6) is 0.804. The van der Waals surface area contributed by atoms with E-state index in [2.05, 4.69) is 55.6 Å². The van der Waals surface area contributed by atoms with Crippen LogP contribution >= 0.6 is 45.7 Å². The number of aromatic nitrogens is 3. The number of nitrogens with zero attached hydrogens (tertiary/aromatic N) is 3. The molecule has 0 radical (unpaired) electrons. The zero-order valence-corrected chi connectivity index (χ0v) is 25.9. The van der Waals surface area contributed by atoms with E-state index in [1.807, 2.05) is 47.0 Å². The maximum absolute atomic E-state index is 13.0. The van der Waals surface area contributed by atoms with Crippen LogP contribution in [0.15, 0.2) is 59.8 Å². The van der Waals surface area contributed by atoms with Crippen LogP contribution < -0.4 is 10.6 Å². The second-order valence-corrected chi connectivity index (χ2v) is 12.6. The van der Waals surface area contributed by atoms with E-state index in [1.54, 1.807) is 6.92 Å². The van der Waals surface area contributed by atoms with Gasteiger partial charge < -0.3 is 15.4 Å². The van der Waals surface area contributed by atoms with Gasteiger partial charge in [-0.05, 0) is 97.2 Å². The Bertz CT molecular complexity index is 1470. The lowest BCUT2D eigenvalue weighted by molar-refractivity contribution is -0.115. The predicted molar refractivity (Wildman–Crippen MR) is 169 cm³/mol. The van der Waals surface area contributed by atoms with Gasteiger partial charge in [0, 0.05) is 32.0 Å². The molecule has 8 nitrogen and oxygen atoms in total. The summed E-state index contributed by atoms with van der Waals surface area (Å²) in [4.78, 5) is 26.9. The minimum atomic E-state index is -0.353. The number of benzene rings is 2. The topological polar surface area (TPSA) is 98.1 Å². The lowest BCUT2D eigenvalue weighted by atomic mass is 9.95. The summed E-state index contributed by atoms with van der Waals surface area (Å²) >= 11 is 5.28. The van der Waals surface area contributed by atoms with E-state index in [-0.39, 0.29) is 18.3 Å². The van der Waals surface area contributed by atoms with E-state index in [4.69, 9.17) is 4.74 Å². The third-order valence-electron chi connectivity index (χ3n) is 6.47. The Morgan fingerprint density at radius 2 is 1.85 bits per heavy atom. The van der Waals surface area contributed by atoms with Crippen LogP contribution in [0.5, 0.6) is 0 Å². The van der Waals surface area contributed by atoms with Crippen molar-refractivity contribution in [2.75, 3.05) is 23.0 Å². The quantitative estimate of drug-likeness (QED) is 0.103. The SMILES string of the molecule is CCOC(=O)c1c(NC(=O)CCSc2nnc(CNc3ccc(I)cc3)n2-c2ccccc2)sc2c1CCCC2. The number of esters is 1. The van der Waals surface area contributed by atoms with Crippen molar-refractivity contribution in [3.63, 3.8) is 0 Å². The molecule has 0 saturated heterocycles. The fourth-order valence-electron chi connectivity index (χ4n) is 4.59. The summed E-state index contributed by atoms with van der Waals surface area (Å²) in [6.07, 6.45) is 4.21. The Kier molecular flexibility index (Phi) is 9.76. The molecule has 0 unspecified atom stereocenters. The van der Waals surface area contributed by atoms with Gasteiger partial charge in [-0.25, -0.2) is 4.79 Å². The van der Waals surface area contributed by atoms with Crippen molar-refractivity contribution in [2.24, 2.45) is 0 Å². The molecule has 2 aromatic carbocycles. The first-order valence-corrected chi connectivity index (χ1v) is 16.1. The number of amides is 1. The second-order valence-electron chi connectivity index (χ2n) is 9.21. The molecule has 11 heteroatoms. The first-order valence-electron chi connectivity index (χ1n) is 13.3. The number of hydrogen-bond donors (Lipinski definition) is 2. The highest BCUT2D eigenvalue weighted by Crippen LogP contribution is 2.38. The summed E-state index contributed by atoms with van der Waals surface area (Å²) in [5.41, 5.74) is 3.55. The fourth-order valence-corrected chi connectivity index (χ4v) is 7.15. The van der Waals surface area contributed by atoms with Gasteiger partial charge in [0.15, 0.2) is 11.0 Å². The third-order valence-corrected chi connectivity index (χ3v) is 9.33. The van der Waals surface area contributed by atoms with E-state index < -0.39 is 0 Å². The van der Waals surface area contributed by atoms with Crippen molar-refractivity contribution in [1.82, 2.24) is 14.8 Å². The Hall–Kier alpha value is -2.90. The van der Waals surface area contributed by atoms with Crippen LogP contribution in [0, 0.1) is 3.57 Å². The third kappa shape index (κ3) is 6.87. The Labute approximate surface area is 255 Å². The van der Waals surface area contributed by atoms with Crippen LogP contribution in [0.25, 0.3) is 5.69 Å². The van der Waals surface area contributed by atoms with Gasteiger partial charge in [-0.15, -0.1) is 21.5 Å². The minimum absolute atomic E-state index is 0.136. The predicted octanol–water partition coefficient (Wildman–Crippen LogP) is 6.72. The molecule has 2 N–H and O–H groups in total. The van der Waals surface area contributed by atoms with Crippen molar-refractivity contribution in [3.05, 3.63) is 80.0 Å². The Balaban J connectivity index is 1.26. The number of carbonyl (C=O) groups is 2. The highest BCUT2D eigenvalue weighted by atomic mass is 127. The molecule has 1 aliphatic carbocycles. The molecule has 0 bridgehead atoms. The van der Waals surface area contributed by atoms with Crippen molar-refractivity contribution in [2.45, 2.75) is 50.7 Å². The summed E-state index contributed by atoms with van der Waals surface area (Å²) in [5, 5.41) is 16.6. The van der Waals surface area contributed by atoms with E-state index in [0.717, 1.165) is 53.6 Å². The summed E-state index contributed by atoms with van der Waals surface area (Å²) in [6.45, 7) is 2.60. The van der Waals surface area contributed by atoms with Crippen molar-refractivity contribution < 1.29 is 14.3 Å². The number of fused-ring (bicyclic) bond motifs is 1. The molecule has 2 aromatic heterocycles. The molecule has 0 atom stereocenters. The maximum atomic E-state index is 13.0. The fraction of sp³-hybridized carbons (Fsp3) is 0.310. The largest absolute Gasteiger partial charge is 0.462 e. The molecule has 40 heavy (non-hydrogen) atoms. The monoisotopic (exact) mass is 687 g/mol. The number of thioether (sulfide) groups is 1. The highest BCUT2D eigenvalue weighted by Gasteiger charge is 2.27. The molecule has 0 fully saturated rings. The van der Waals surface area contributed by atoms with E-state index in [0.29, 0.717) is 29.5 Å². The molecule has 0 spiro atoms. The zero-order valence-electron chi connectivity index (χ0n) is 22.1. The summed E-state index contributed by atoms with van der Waals surface area (Å²) < 4.78 is 8.51. The standard InChI is InChI=1S/C29H30IN5O3S2/c1-2-38-28(37)26-22-10-6-7-11-23(22)40-27(26)32-25(36)16-17-39-29-34-33-24(35(29)21-8-4-3-5-9-21)18-31-20-14-12-19(30)13-15-20/h3-5,8-9,12-15,31H,2,6-7,10-11,16-18H2,1H3,(H,32,36). The van der Waals surface area contributed by atoms with Crippen LogP contribution in [0.1, 0.15) is 52.8 Å². The van der Waals surface area contributed by atoms with Gasteiger partial charge in [0.05, 0.1) is 18.7 Å². The van der Waals surface area contributed by atoms with Gasteiger partial charge in [-0.2, -0.15) is 0 Å². The highest BCUT2D eigenvalue weighted by molar-refractivity contribution is 14.1. The smallest absolute Gasteiger partial charge is 0.341 e. The molecule has 1 amide bonds. The molecule has 1 aliphatic rings. The Morgan fingerprint density at radius 3 is 2.62 bits per heavy atom. The average molecular weight is 688 g/mol. The first kappa shape index (κ1) is 28.6. The minimum Gasteiger partial charge on any atom is -0.462 e. The van der Waals surface area contributed by atoms with Crippen molar-refractivity contribution in [1.29, 1.82) is 0 Å². The lowest BCUT2D eigenvalue weighted by Crippen LogP contribution is -2.16. The molecule has 5 rings (SSSR count). The first-order chi connectivity index (χ1) is 19.5. The number of hydrogen-bond acceptors (Lipinski definition) is 8. The van der Waals surface area contributed by atoms with Crippen LogP contribution in [-0.2, 0) is 28.9 Å². The van der Waals surface area contributed by atoms with Gasteiger partial charge in [-0.1, -0.05) is 30.0 Å². The number of rotatable bonds is 11. The molecule has 2 heterocycles. The summed E-state index contributed by atoms with van der Waals surface area (Å²) in [7, 11) is 0. The molecular weight excluding hydrogens is 657 g/mol. The second kappa shape index (κ2) is 13.6. The number of anilines is 2. The van der Waals surface area contributed by atoms with Crippen molar-refractivity contribution >= 4 is 68.3 Å². The number of thiophene rings is 1. The summed E-state index contributed by atoms with van der Waals surface area (Å²) in [6, 6.07) is 18.2. The molecule has 0 saturated carbocycles. The normalized spacial score (nSPS) is 12.6. The number of aryl methyl sites for hydroxylation is 1. The molecule has 4 aromatic rings. The molecule has 0 aliphatic heterocycles. The van der Waals surface area contributed by atoms with Gasteiger partial charge in [0.2, 0.25) is 5.91 Å². The number of ether oxygens (including phenoxy) is 1. The number of para-hydroxylation sites is 1. The van der Waals surface area contributed by atoms with Crippen LogP contribution in [-0.4, -0.2) is 39.0 Å². The zero-order chi connectivity index (χ0) is 27.9. The number of halogens is 1. The number of carbonyl (C=O) groups excluding carboxylic acids is 2.